The quantitative estimate of drug-likeness (QED) is 0.414. The van der Waals surface area contributed by atoms with Gasteiger partial charge in [-0.25, -0.2) is 4.79 Å². The molecule has 0 saturated heterocycles. The van der Waals surface area contributed by atoms with Crippen molar-refractivity contribution in [3.05, 3.63) is 59.7 Å². The zero-order valence-corrected chi connectivity index (χ0v) is 19.0. The predicted octanol–water partition coefficient (Wildman–Crippen LogP) is 3.30. The van der Waals surface area contributed by atoms with Crippen molar-refractivity contribution in [2.24, 2.45) is 5.92 Å². The van der Waals surface area contributed by atoms with Crippen LogP contribution in [0.1, 0.15) is 42.7 Å². The summed E-state index contributed by atoms with van der Waals surface area (Å²) in [6, 6.07) is 16.0. The number of hydrogen-bond donors (Lipinski definition) is 3. The molecule has 1 saturated carbocycles. The second-order valence-electron chi connectivity index (χ2n) is 8.72. The molecule has 2 amide bonds. The number of ether oxygens (including phenoxy) is 2. The molecule has 2 aliphatic carbocycles. The normalized spacial score (nSPS) is 15.2. The summed E-state index contributed by atoms with van der Waals surface area (Å²) in [4.78, 5) is 35.1. The maximum Gasteiger partial charge on any atom is 0.407 e. The van der Waals surface area contributed by atoms with Gasteiger partial charge in [-0.2, -0.15) is 0 Å². The summed E-state index contributed by atoms with van der Waals surface area (Å²) >= 11 is 0. The smallest absolute Gasteiger partial charge is 0.407 e. The highest BCUT2D eigenvalue weighted by Crippen LogP contribution is 2.44. The molecule has 0 aromatic heterocycles. The molecule has 1 atom stereocenters. The first-order valence-electron chi connectivity index (χ1n) is 11.7. The minimum absolute atomic E-state index is 0.00787. The van der Waals surface area contributed by atoms with Gasteiger partial charge in [0.15, 0.2) is 0 Å². The molecule has 4 rings (SSSR count). The predicted molar refractivity (Wildman–Crippen MR) is 125 cm³/mol. The molecule has 2 aromatic carbocycles. The van der Waals surface area contributed by atoms with E-state index in [-0.39, 0.29) is 63.0 Å². The van der Waals surface area contributed by atoms with Gasteiger partial charge in [0.25, 0.3) is 0 Å². The van der Waals surface area contributed by atoms with Crippen LogP contribution in [0.15, 0.2) is 48.5 Å². The monoisotopic (exact) mass is 466 g/mol. The van der Waals surface area contributed by atoms with Crippen LogP contribution in [-0.4, -0.2) is 55.5 Å². The number of fused-ring (bicyclic) bond motifs is 3. The van der Waals surface area contributed by atoms with E-state index < -0.39 is 12.1 Å². The molecule has 1 unspecified atom stereocenters. The molecule has 1 fully saturated rings. The number of carboxylic acid groups (broad SMARTS) is 1. The maximum absolute atomic E-state index is 12.1. The second kappa shape index (κ2) is 11.2. The highest BCUT2D eigenvalue weighted by atomic mass is 16.5. The number of amides is 2. The lowest BCUT2D eigenvalue weighted by molar-refractivity contribution is -0.137. The van der Waals surface area contributed by atoms with Crippen LogP contribution in [0.5, 0.6) is 0 Å². The van der Waals surface area contributed by atoms with E-state index in [9.17, 15) is 14.4 Å². The fourth-order valence-electron chi connectivity index (χ4n) is 4.44. The number of hydrogen-bond acceptors (Lipinski definition) is 5. The number of carbonyl (C=O) groups is 3. The van der Waals surface area contributed by atoms with E-state index in [1.807, 2.05) is 24.3 Å². The van der Waals surface area contributed by atoms with E-state index in [4.69, 9.17) is 14.6 Å². The van der Waals surface area contributed by atoms with E-state index in [1.54, 1.807) is 0 Å². The van der Waals surface area contributed by atoms with Crippen molar-refractivity contribution >= 4 is 18.0 Å². The summed E-state index contributed by atoms with van der Waals surface area (Å²) in [5.74, 6) is -0.855. The lowest BCUT2D eigenvalue weighted by Crippen LogP contribution is -2.38. The highest BCUT2D eigenvalue weighted by Gasteiger charge is 2.33. The standard InChI is InChI=1S/C26H30N2O6/c29-24(28-23(15-25(30)31)17-9-10-17)11-13-33-14-12-27-26(32)34-16-22-20-7-3-1-5-18(20)19-6-2-4-8-21(19)22/h1-8,17,22-23H,9-16H2,(H,27,32)(H,28,29)(H,30,31). The van der Waals surface area contributed by atoms with Crippen LogP contribution in [-0.2, 0) is 19.1 Å². The van der Waals surface area contributed by atoms with Gasteiger partial charge in [-0.15, -0.1) is 0 Å². The number of alkyl carbamates (subject to hydrolysis) is 1. The molecule has 8 nitrogen and oxygen atoms in total. The van der Waals surface area contributed by atoms with Gasteiger partial charge in [-0.3, -0.25) is 9.59 Å². The van der Waals surface area contributed by atoms with Gasteiger partial charge in [-0.1, -0.05) is 48.5 Å². The topological polar surface area (TPSA) is 114 Å². The number of carbonyl (C=O) groups excluding carboxylic acids is 2. The third kappa shape index (κ3) is 6.14. The summed E-state index contributed by atoms with van der Waals surface area (Å²) in [5.41, 5.74) is 4.67. The number of rotatable bonds is 12. The van der Waals surface area contributed by atoms with Crippen LogP contribution in [0.2, 0.25) is 0 Å². The summed E-state index contributed by atoms with van der Waals surface area (Å²) in [6.07, 6.45) is 1.49. The van der Waals surface area contributed by atoms with Crippen LogP contribution in [0.4, 0.5) is 4.79 Å². The van der Waals surface area contributed by atoms with E-state index in [1.165, 1.54) is 11.1 Å². The molecule has 2 aromatic rings. The third-order valence-electron chi connectivity index (χ3n) is 6.26. The zero-order valence-electron chi connectivity index (χ0n) is 19.0. The van der Waals surface area contributed by atoms with E-state index in [0.29, 0.717) is 0 Å². The molecule has 0 spiro atoms. The fourth-order valence-corrected chi connectivity index (χ4v) is 4.44. The number of nitrogens with one attached hydrogen (secondary N) is 2. The van der Waals surface area contributed by atoms with E-state index >= 15 is 0 Å². The molecule has 2 aliphatic rings. The van der Waals surface area contributed by atoms with Crippen molar-refractivity contribution in [2.75, 3.05) is 26.4 Å². The van der Waals surface area contributed by atoms with Gasteiger partial charge in [-0.05, 0) is 41.0 Å². The molecular formula is C26H30N2O6. The van der Waals surface area contributed by atoms with Crippen LogP contribution in [0, 0.1) is 5.92 Å². The minimum Gasteiger partial charge on any atom is -0.481 e. The zero-order chi connectivity index (χ0) is 23.9. The van der Waals surface area contributed by atoms with Gasteiger partial charge in [0.1, 0.15) is 6.61 Å². The van der Waals surface area contributed by atoms with Gasteiger partial charge in [0.2, 0.25) is 5.91 Å². The Labute approximate surface area is 198 Å². The Morgan fingerprint density at radius 3 is 2.24 bits per heavy atom. The van der Waals surface area contributed by atoms with Gasteiger partial charge in [0, 0.05) is 24.9 Å². The Balaban J connectivity index is 1.12. The molecule has 0 heterocycles. The maximum atomic E-state index is 12.1. The first-order valence-corrected chi connectivity index (χ1v) is 11.7. The third-order valence-corrected chi connectivity index (χ3v) is 6.26. The van der Waals surface area contributed by atoms with Crippen molar-refractivity contribution in [3.8, 4) is 11.1 Å². The molecule has 0 bridgehead atoms. The number of benzene rings is 2. The molecular weight excluding hydrogens is 436 g/mol. The molecule has 0 aliphatic heterocycles. The molecule has 34 heavy (non-hydrogen) atoms. The van der Waals surface area contributed by atoms with Crippen LogP contribution < -0.4 is 10.6 Å². The van der Waals surface area contributed by atoms with Crippen molar-refractivity contribution in [2.45, 2.75) is 37.6 Å². The minimum atomic E-state index is -0.909. The molecule has 8 heteroatoms. The first-order chi connectivity index (χ1) is 16.5. The Morgan fingerprint density at radius 1 is 0.971 bits per heavy atom. The van der Waals surface area contributed by atoms with Crippen molar-refractivity contribution in [1.29, 1.82) is 0 Å². The summed E-state index contributed by atoms with van der Waals surface area (Å²) in [5, 5.41) is 14.4. The van der Waals surface area contributed by atoms with Crippen LogP contribution in [0.25, 0.3) is 11.1 Å². The SMILES string of the molecule is O=C(O)CC(NC(=O)CCOCCNC(=O)OCC1c2ccccc2-c2ccccc21)C1CC1. The fraction of sp³-hybridized carbons (Fsp3) is 0.423. The van der Waals surface area contributed by atoms with E-state index in [0.717, 1.165) is 24.0 Å². The Kier molecular flexibility index (Phi) is 7.80. The van der Waals surface area contributed by atoms with E-state index in [2.05, 4.69) is 34.9 Å². The summed E-state index contributed by atoms with van der Waals surface area (Å²) < 4.78 is 10.9. The first kappa shape index (κ1) is 23.8. The average molecular weight is 467 g/mol. The van der Waals surface area contributed by atoms with Crippen LogP contribution >= 0.6 is 0 Å². The van der Waals surface area contributed by atoms with Gasteiger partial charge >= 0.3 is 12.1 Å². The highest BCUT2D eigenvalue weighted by molar-refractivity contribution is 5.79. The molecule has 180 valence electrons. The summed E-state index contributed by atoms with van der Waals surface area (Å²) in [7, 11) is 0. The second-order valence-corrected chi connectivity index (χ2v) is 8.72. The van der Waals surface area contributed by atoms with Crippen molar-refractivity contribution < 1.29 is 29.0 Å². The largest absolute Gasteiger partial charge is 0.481 e. The number of carboxylic acids is 1. The molecule has 3 N–H and O–H groups in total. The van der Waals surface area contributed by atoms with Crippen molar-refractivity contribution in [3.63, 3.8) is 0 Å². The van der Waals surface area contributed by atoms with Crippen molar-refractivity contribution in [1.82, 2.24) is 10.6 Å². The van der Waals surface area contributed by atoms with Gasteiger partial charge < -0.3 is 25.2 Å². The Bertz CT molecular complexity index is 990. The van der Waals surface area contributed by atoms with Gasteiger partial charge in [0.05, 0.1) is 19.6 Å². The Morgan fingerprint density at radius 2 is 1.62 bits per heavy atom. The lowest BCUT2D eigenvalue weighted by atomic mass is 9.98. The Hall–Kier alpha value is -3.39. The number of aliphatic carboxylic acids is 1. The summed E-state index contributed by atoms with van der Waals surface area (Å²) in [6.45, 7) is 0.961. The lowest BCUT2D eigenvalue weighted by Gasteiger charge is -2.16. The molecule has 0 radical (unpaired) electrons. The van der Waals surface area contributed by atoms with Crippen LogP contribution in [0.3, 0.4) is 0 Å². The average Bonchev–Trinajstić information content (AvgIpc) is 3.62.